The zero-order chi connectivity index (χ0) is 18.9. The first-order valence-corrected chi connectivity index (χ1v) is 8.98. The van der Waals surface area contributed by atoms with Gasteiger partial charge in [-0.05, 0) is 36.2 Å². The number of halogens is 1. The number of ether oxygens (including phenoxy) is 1. The van der Waals surface area contributed by atoms with E-state index in [2.05, 4.69) is 0 Å². The third-order valence-electron chi connectivity index (χ3n) is 5.07. The van der Waals surface area contributed by atoms with Crippen LogP contribution in [-0.2, 0) is 10.3 Å². The van der Waals surface area contributed by atoms with Crippen molar-refractivity contribution >= 4 is 11.8 Å². The fourth-order valence-electron chi connectivity index (χ4n) is 3.48. The maximum absolute atomic E-state index is 14.1. The molecule has 1 heterocycles. The summed E-state index contributed by atoms with van der Waals surface area (Å²) in [5.74, 6) is -0.285. The Hall–Kier alpha value is -3.14. The maximum atomic E-state index is 14.1. The van der Waals surface area contributed by atoms with Crippen molar-refractivity contribution in [2.45, 2.75) is 18.9 Å². The lowest BCUT2D eigenvalue weighted by Gasteiger charge is -2.39. The molecule has 0 bridgehead atoms. The standard InChI is InChI=1S/C23H20FNO2/c1-23(18-9-3-2-4-10-18)14-15-25(22(26)27-23)19-11-7-8-17(16-19)20-12-5-6-13-21(20)24/h2-13,16H,14-15H2,1H3/t23-/m1/s1. The molecule has 3 nitrogen and oxygen atoms in total. The van der Waals surface area contributed by atoms with Crippen molar-refractivity contribution in [3.8, 4) is 11.1 Å². The summed E-state index contributed by atoms with van der Waals surface area (Å²) in [6.07, 6.45) is 0.283. The third-order valence-corrected chi connectivity index (χ3v) is 5.07. The van der Waals surface area contributed by atoms with Gasteiger partial charge in [0.25, 0.3) is 0 Å². The predicted molar refractivity (Wildman–Crippen MR) is 104 cm³/mol. The van der Waals surface area contributed by atoms with Crippen LogP contribution in [-0.4, -0.2) is 12.6 Å². The molecule has 1 saturated heterocycles. The number of hydrogen-bond acceptors (Lipinski definition) is 2. The highest BCUT2D eigenvalue weighted by Gasteiger charge is 2.38. The number of carbonyl (C=O) groups excluding carboxylic acids is 1. The van der Waals surface area contributed by atoms with Crippen molar-refractivity contribution in [3.05, 3.63) is 90.2 Å². The van der Waals surface area contributed by atoms with E-state index in [1.54, 1.807) is 23.1 Å². The van der Waals surface area contributed by atoms with Gasteiger partial charge in [-0.15, -0.1) is 0 Å². The van der Waals surface area contributed by atoms with Crippen molar-refractivity contribution in [1.29, 1.82) is 0 Å². The fraction of sp³-hybridized carbons (Fsp3) is 0.174. The van der Waals surface area contributed by atoms with E-state index in [1.807, 2.05) is 61.5 Å². The first kappa shape index (κ1) is 17.3. The predicted octanol–water partition coefficient (Wildman–Crippen LogP) is 5.75. The van der Waals surface area contributed by atoms with Crippen molar-refractivity contribution in [1.82, 2.24) is 0 Å². The molecule has 0 N–H and O–H groups in total. The molecule has 27 heavy (non-hydrogen) atoms. The van der Waals surface area contributed by atoms with Crippen LogP contribution >= 0.6 is 0 Å². The van der Waals surface area contributed by atoms with E-state index in [0.29, 0.717) is 24.2 Å². The van der Waals surface area contributed by atoms with Crippen LogP contribution in [0.2, 0.25) is 0 Å². The van der Waals surface area contributed by atoms with E-state index in [1.165, 1.54) is 6.07 Å². The highest BCUT2D eigenvalue weighted by molar-refractivity contribution is 5.89. The average molecular weight is 361 g/mol. The van der Waals surface area contributed by atoms with E-state index >= 15 is 0 Å². The van der Waals surface area contributed by atoms with Crippen LogP contribution in [0, 0.1) is 5.82 Å². The van der Waals surface area contributed by atoms with E-state index in [0.717, 1.165) is 11.1 Å². The Kier molecular flexibility index (Phi) is 4.40. The number of rotatable bonds is 3. The second kappa shape index (κ2) is 6.88. The van der Waals surface area contributed by atoms with Gasteiger partial charge in [0.1, 0.15) is 11.4 Å². The summed E-state index contributed by atoms with van der Waals surface area (Å²) in [5, 5.41) is 0. The molecule has 1 atom stereocenters. The van der Waals surface area contributed by atoms with Crippen molar-refractivity contribution in [3.63, 3.8) is 0 Å². The lowest BCUT2D eigenvalue weighted by Crippen LogP contribution is -2.46. The van der Waals surface area contributed by atoms with E-state index in [9.17, 15) is 9.18 Å². The van der Waals surface area contributed by atoms with Gasteiger partial charge in [-0.2, -0.15) is 0 Å². The van der Waals surface area contributed by atoms with Crippen LogP contribution in [0.3, 0.4) is 0 Å². The molecular formula is C23H20FNO2. The Morgan fingerprint density at radius 1 is 0.963 bits per heavy atom. The van der Waals surface area contributed by atoms with Crippen LogP contribution in [0.5, 0.6) is 0 Å². The van der Waals surface area contributed by atoms with Gasteiger partial charge in [0, 0.05) is 24.2 Å². The molecule has 0 aromatic heterocycles. The number of anilines is 1. The molecule has 3 aromatic carbocycles. The fourth-order valence-corrected chi connectivity index (χ4v) is 3.48. The molecule has 136 valence electrons. The molecule has 0 radical (unpaired) electrons. The SMILES string of the molecule is C[C@]1(c2ccccc2)CCN(c2cccc(-c3ccccc3F)c2)C(=O)O1. The summed E-state index contributed by atoms with van der Waals surface area (Å²) in [6, 6.07) is 23.7. The molecule has 0 saturated carbocycles. The molecule has 4 rings (SSSR count). The lowest BCUT2D eigenvalue weighted by molar-refractivity contribution is 0.00583. The lowest BCUT2D eigenvalue weighted by atomic mass is 9.91. The highest BCUT2D eigenvalue weighted by atomic mass is 19.1. The molecular weight excluding hydrogens is 341 g/mol. The topological polar surface area (TPSA) is 29.5 Å². The number of cyclic esters (lactones) is 1. The summed E-state index contributed by atoms with van der Waals surface area (Å²) >= 11 is 0. The molecule has 1 aliphatic heterocycles. The van der Waals surface area contributed by atoms with Gasteiger partial charge < -0.3 is 4.74 Å². The van der Waals surface area contributed by atoms with Crippen LogP contribution in [0.15, 0.2) is 78.9 Å². The zero-order valence-corrected chi connectivity index (χ0v) is 15.1. The summed E-state index contributed by atoms with van der Waals surface area (Å²) in [5.41, 5.74) is 2.29. The van der Waals surface area contributed by atoms with Gasteiger partial charge in [0.2, 0.25) is 0 Å². The summed E-state index contributed by atoms with van der Waals surface area (Å²) < 4.78 is 19.9. The smallest absolute Gasteiger partial charge is 0.415 e. The molecule has 0 spiro atoms. The van der Waals surface area contributed by atoms with Gasteiger partial charge in [0.15, 0.2) is 0 Å². The molecule has 1 fully saturated rings. The third kappa shape index (κ3) is 3.31. The van der Waals surface area contributed by atoms with Gasteiger partial charge in [-0.1, -0.05) is 60.7 Å². The molecule has 1 aliphatic rings. The monoisotopic (exact) mass is 361 g/mol. The quantitative estimate of drug-likeness (QED) is 0.594. The normalized spacial score (nSPS) is 19.6. The Bertz CT molecular complexity index is 973. The van der Waals surface area contributed by atoms with Crippen LogP contribution < -0.4 is 4.90 Å². The van der Waals surface area contributed by atoms with E-state index in [-0.39, 0.29) is 5.82 Å². The number of benzene rings is 3. The van der Waals surface area contributed by atoms with Crippen molar-refractivity contribution < 1.29 is 13.9 Å². The largest absolute Gasteiger partial charge is 0.438 e. The number of hydrogen-bond donors (Lipinski definition) is 0. The maximum Gasteiger partial charge on any atom is 0.415 e. The van der Waals surface area contributed by atoms with Gasteiger partial charge in [0.05, 0.1) is 0 Å². The van der Waals surface area contributed by atoms with Gasteiger partial charge in [-0.3, -0.25) is 4.90 Å². The zero-order valence-electron chi connectivity index (χ0n) is 15.1. The molecule has 0 unspecified atom stereocenters. The summed E-state index contributed by atoms with van der Waals surface area (Å²) in [7, 11) is 0. The molecule has 3 aromatic rings. The number of amides is 1. The van der Waals surface area contributed by atoms with Crippen LogP contribution in [0.4, 0.5) is 14.9 Å². The van der Waals surface area contributed by atoms with Crippen LogP contribution in [0.1, 0.15) is 18.9 Å². The van der Waals surface area contributed by atoms with Crippen LogP contribution in [0.25, 0.3) is 11.1 Å². The summed E-state index contributed by atoms with van der Waals surface area (Å²) in [6.45, 7) is 2.47. The minimum Gasteiger partial charge on any atom is -0.438 e. The van der Waals surface area contributed by atoms with Gasteiger partial charge >= 0.3 is 6.09 Å². The minimum absolute atomic E-state index is 0.285. The van der Waals surface area contributed by atoms with Crippen molar-refractivity contribution in [2.24, 2.45) is 0 Å². The number of nitrogens with zero attached hydrogens (tertiary/aromatic N) is 1. The van der Waals surface area contributed by atoms with Crippen molar-refractivity contribution in [2.75, 3.05) is 11.4 Å². The second-order valence-electron chi connectivity index (χ2n) is 6.90. The first-order valence-electron chi connectivity index (χ1n) is 8.98. The second-order valence-corrected chi connectivity index (χ2v) is 6.90. The number of carbonyl (C=O) groups is 1. The van der Waals surface area contributed by atoms with E-state index in [4.69, 9.17) is 4.74 Å². The van der Waals surface area contributed by atoms with Gasteiger partial charge in [-0.25, -0.2) is 9.18 Å². The Morgan fingerprint density at radius 3 is 2.44 bits per heavy atom. The highest BCUT2D eigenvalue weighted by Crippen LogP contribution is 2.36. The average Bonchev–Trinajstić information content (AvgIpc) is 2.69. The molecule has 4 heteroatoms. The summed E-state index contributed by atoms with van der Waals surface area (Å²) in [4.78, 5) is 14.3. The Labute approximate surface area is 158 Å². The first-order chi connectivity index (χ1) is 13.1. The Morgan fingerprint density at radius 2 is 1.70 bits per heavy atom. The minimum atomic E-state index is -0.641. The van der Waals surface area contributed by atoms with E-state index < -0.39 is 11.7 Å². The molecule has 1 amide bonds. The Balaban J connectivity index is 1.60. The molecule has 0 aliphatic carbocycles.